The molecule has 5 nitrogen and oxygen atoms in total. The number of aromatic nitrogens is 5. The van der Waals surface area contributed by atoms with Gasteiger partial charge >= 0.3 is 0 Å². The molecule has 0 saturated heterocycles. The molecule has 0 aliphatic carbocycles. The lowest BCUT2D eigenvalue weighted by Crippen LogP contribution is -2.04. The predicted molar refractivity (Wildman–Crippen MR) is 77.0 cm³/mol. The van der Waals surface area contributed by atoms with E-state index in [1.165, 1.54) is 5.56 Å². The molecule has 0 unspecified atom stereocenters. The van der Waals surface area contributed by atoms with Gasteiger partial charge in [0.05, 0.1) is 0 Å². The molecule has 0 N–H and O–H groups in total. The molecule has 5 heteroatoms. The summed E-state index contributed by atoms with van der Waals surface area (Å²) in [6.07, 6.45) is 13.4. The molecule has 0 fully saturated rings. The number of imidazole rings is 2. The highest BCUT2D eigenvalue weighted by molar-refractivity contribution is 5.44. The zero-order chi connectivity index (χ0) is 13.8. The quantitative estimate of drug-likeness (QED) is 0.712. The van der Waals surface area contributed by atoms with Crippen molar-refractivity contribution in [3.63, 3.8) is 0 Å². The molecule has 0 atom stereocenters. The summed E-state index contributed by atoms with van der Waals surface area (Å²) in [5.74, 6) is 1.82. The van der Waals surface area contributed by atoms with Gasteiger partial charge in [0, 0.05) is 50.8 Å². The van der Waals surface area contributed by atoms with Gasteiger partial charge in [0.2, 0.25) is 0 Å². The van der Waals surface area contributed by atoms with Crippen molar-refractivity contribution in [3.05, 3.63) is 54.9 Å². The topological polar surface area (TPSA) is 48.5 Å². The molecule has 3 aromatic heterocycles. The number of hydrogen-bond donors (Lipinski definition) is 0. The van der Waals surface area contributed by atoms with Crippen molar-refractivity contribution >= 4 is 0 Å². The Balaban J connectivity index is 1.67. The lowest BCUT2D eigenvalue weighted by molar-refractivity contribution is 0.642. The summed E-state index contributed by atoms with van der Waals surface area (Å²) in [5, 5.41) is 0. The third-order valence-corrected chi connectivity index (χ3v) is 3.32. The molecular weight excluding hydrogens is 250 g/mol. The average molecular weight is 267 g/mol. The first kappa shape index (κ1) is 12.6. The van der Waals surface area contributed by atoms with Gasteiger partial charge in [0.25, 0.3) is 0 Å². The van der Waals surface area contributed by atoms with Crippen LogP contribution in [0.4, 0.5) is 0 Å². The molecule has 0 amide bonds. The second-order valence-electron chi connectivity index (χ2n) is 4.77. The number of pyridine rings is 1. The molecule has 0 aliphatic rings. The maximum atomic E-state index is 4.41. The number of rotatable bonds is 5. The molecule has 3 rings (SSSR count). The third kappa shape index (κ3) is 2.61. The zero-order valence-corrected chi connectivity index (χ0v) is 11.5. The summed E-state index contributed by atoms with van der Waals surface area (Å²) in [7, 11) is 1.98. The van der Waals surface area contributed by atoms with E-state index in [2.05, 4.69) is 25.6 Å². The number of hydrogen-bond acceptors (Lipinski definition) is 3. The molecule has 20 heavy (non-hydrogen) atoms. The van der Waals surface area contributed by atoms with Gasteiger partial charge in [-0.05, 0) is 24.5 Å². The van der Waals surface area contributed by atoms with Crippen LogP contribution in [0.25, 0.3) is 11.6 Å². The maximum Gasteiger partial charge on any atom is 0.176 e. The molecule has 0 radical (unpaired) electrons. The SMILES string of the molecule is Cn1ccnc1-c1nccn1CCCc1cccnc1. The minimum Gasteiger partial charge on any atom is -0.331 e. The molecule has 102 valence electrons. The van der Waals surface area contributed by atoms with Crippen molar-refractivity contribution in [2.75, 3.05) is 0 Å². The van der Waals surface area contributed by atoms with Crippen molar-refractivity contribution in [2.45, 2.75) is 19.4 Å². The minimum atomic E-state index is 0.899. The molecule has 3 heterocycles. The summed E-state index contributed by atoms with van der Waals surface area (Å²) in [4.78, 5) is 12.9. The standard InChI is InChI=1S/C15H17N5/c1-19-10-7-17-14(19)15-18-8-11-20(15)9-3-5-13-4-2-6-16-12-13/h2,4,6-8,10-12H,3,5,9H2,1H3. The van der Waals surface area contributed by atoms with Crippen LogP contribution in [0.5, 0.6) is 0 Å². The zero-order valence-electron chi connectivity index (χ0n) is 11.5. The van der Waals surface area contributed by atoms with E-state index in [1.54, 1.807) is 12.4 Å². The van der Waals surface area contributed by atoms with Crippen LogP contribution < -0.4 is 0 Å². The van der Waals surface area contributed by atoms with Crippen molar-refractivity contribution in [2.24, 2.45) is 7.05 Å². The van der Waals surface area contributed by atoms with Gasteiger partial charge in [-0.3, -0.25) is 4.98 Å². The van der Waals surface area contributed by atoms with Crippen molar-refractivity contribution in [1.29, 1.82) is 0 Å². The van der Waals surface area contributed by atoms with Crippen LogP contribution in [0.3, 0.4) is 0 Å². The summed E-state index contributed by atoms with van der Waals surface area (Å²) in [6.45, 7) is 0.928. The Labute approximate surface area is 118 Å². The maximum absolute atomic E-state index is 4.41. The average Bonchev–Trinajstić information content (AvgIpc) is 3.08. The largest absolute Gasteiger partial charge is 0.331 e. The van der Waals surface area contributed by atoms with E-state index >= 15 is 0 Å². The van der Waals surface area contributed by atoms with Crippen molar-refractivity contribution in [3.8, 4) is 11.6 Å². The van der Waals surface area contributed by atoms with Gasteiger partial charge in [-0.25, -0.2) is 9.97 Å². The summed E-state index contributed by atoms with van der Waals surface area (Å²) >= 11 is 0. The molecule has 0 saturated carbocycles. The third-order valence-electron chi connectivity index (χ3n) is 3.32. The minimum absolute atomic E-state index is 0.899. The van der Waals surface area contributed by atoms with E-state index in [9.17, 15) is 0 Å². The normalized spacial score (nSPS) is 10.8. The van der Waals surface area contributed by atoms with Crippen LogP contribution in [0.2, 0.25) is 0 Å². The van der Waals surface area contributed by atoms with E-state index < -0.39 is 0 Å². The highest BCUT2D eigenvalue weighted by Crippen LogP contribution is 2.15. The Morgan fingerprint density at radius 3 is 2.65 bits per heavy atom. The molecular formula is C15H17N5. The second kappa shape index (κ2) is 5.69. The summed E-state index contributed by atoms with van der Waals surface area (Å²) in [5.41, 5.74) is 1.27. The molecule has 0 spiro atoms. The highest BCUT2D eigenvalue weighted by atomic mass is 15.1. The highest BCUT2D eigenvalue weighted by Gasteiger charge is 2.09. The van der Waals surface area contributed by atoms with E-state index in [0.29, 0.717) is 0 Å². The van der Waals surface area contributed by atoms with Gasteiger partial charge in [-0.1, -0.05) is 6.07 Å². The predicted octanol–water partition coefficient (Wildman–Crippen LogP) is 2.31. The smallest absolute Gasteiger partial charge is 0.176 e. The van der Waals surface area contributed by atoms with E-state index in [1.807, 2.05) is 42.5 Å². The second-order valence-corrected chi connectivity index (χ2v) is 4.77. The van der Waals surface area contributed by atoms with Crippen molar-refractivity contribution in [1.82, 2.24) is 24.1 Å². The van der Waals surface area contributed by atoms with Gasteiger partial charge < -0.3 is 9.13 Å². The van der Waals surface area contributed by atoms with Crippen LogP contribution in [0.15, 0.2) is 49.3 Å². The van der Waals surface area contributed by atoms with Crippen LogP contribution in [-0.4, -0.2) is 24.1 Å². The molecule has 3 aromatic rings. The first-order valence-electron chi connectivity index (χ1n) is 6.72. The summed E-state index contributed by atoms with van der Waals surface area (Å²) < 4.78 is 4.14. The lowest BCUT2D eigenvalue weighted by Gasteiger charge is -2.07. The monoisotopic (exact) mass is 267 g/mol. The van der Waals surface area contributed by atoms with Crippen molar-refractivity contribution < 1.29 is 0 Å². The fourth-order valence-corrected chi connectivity index (χ4v) is 2.28. The Morgan fingerprint density at radius 2 is 1.90 bits per heavy atom. The van der Waals surface area contributed by atoms with Gasteiger partial charge in [0.15, 0.2) is 11.6 Å². The first-order valence-corrected chi connectivity index (χ1v) is 6.72. The summed E-state index contributed by atoms with van der Waals surface area (Å²) in [6, 6.07) is 4.09. The number of nitrogens with zero attached hydrogens (tertiary/aromatic N) is 5. The van der Waals surface area contributed by atoms with Gasteiger partial charge in [-0.2, -0.15) is 0 Å². The fraction of sp³-hybridized carbons (Fsp3) is 0.267. The van der Waals surface area contributed by atoms with Gasteiger partial charge in [-0.15, -0.1) is 0 Å². The van der Waals surface area contributed by atoms with Crippen LogP contribution >= 0.6 is 0 Å². The van der Waals surface area contributed by atoms with E-state index in [-0.39, 0.29) is 0 Å². The number of aryl methyl sites for hydroxylation is 3. The van der Waals surface area contributed by atoms with Gasteiger partial charge in [0.1, 0.15) is 0 Å². The fourth-order valence-electron chi connectivity index (χ4n) is 2.28. The molecule has 0 bridgehead atoms. The van der Waals surface area contributed by atoms with Crippen LogP contribution in [0, 0.1) is 0 Å². The molecule has 0 aromatic carbocycles. The van der Waals surface area contributed by atoms with E-state index in [4.69, 9.17) is 0 Å². The Hall–Kier alpha value is -2.43. The first-order chi connectivity index (χ1) is 9.84. The van der Waals surface area contributed by atoms with Crippen LogP contribution in [-0.2, 0) is 20.0 Å². The van der Waals surface area contributed by atoms with Crippen LogP contribution in [0.1, 0.15) is 12.0 Å². The Kier molecular flexibility index (Phi) is 3.58. The van der Waals surface area contributed by atoms with E-state index in [0.717, 1.165) is 31.0 Å². The lowest BCUT2D eigenvalue weighted by atomic mass is 10.1. The Morgan fingerprint density at radius 1 is 1.05 bits per heavy atom. The Bertz CT molecular complexity index is 668. The molecule has 0 aliphatic heterocycles.